The molecule has 2 atom stereocenters. The van der Waals surface area contributed by atoms with E-state index in [2.05, 4.69) is 33.7 Å². The molecule has 0 spiro atoms. The van der Waals surface area contributed by atoms with Crippen LogP contribution in [-0.2, 0) is 11.3 Å². The Balaban J connectivity index is 1.47. The number of aromatic amines is 1. The Morgan fingerprint density at radius 1 is 1.31 bits per heavy atom. The molecule has 0 bridgehead atoms. The Morgan fingerprint density at radius 2 is 2.12 bits per heavy atom. The molecule has 4 rings (SSSR count). The number of ether oxygens (including phenoxy) is 1. The summed E-state index contributed by atoms with van der Waals surface area (Å²) in [6, 6.07) is 10.2. The molecule has 7 nitrogen and oxygen atoms in total. The monoisotopic (exact) mass is 351 g/mol. The van der Waals surface area contributed by atoms with E-state index in [1.807, 2.05) is 22.8 Å². The molecule has 0 aliphatic heterocycles. The minimum atomic E-state index is -0.322. The standard InChI is InChI=1S/C19H21N5O2/c1-12-14(10-26-9-13-5-3-2-4-6-13)7-8-15(12)24-11-21-16-17(24)22-19(20)23-18(16)25/h2-6,11,14-15H,1,7-10H2,(H3,20,22,23,25)/t14-,15-/m0/s1. The molecule has 1 aliphatic carbocycles. The van der Waals surface area contributed by atoms with E-state index in [1.54, 1.807) is 6.33 Å². The Morgan fingerprint density at radius 3 is 2.92 bits per heavy atom. The second-order valence-electron chi connectivity index (χ2n) is 6.64. The van der Waals surface area contributed by atoms with Crippen LogP contribution in [0.3, 0.4) is 0 Å². The first-order valence-electron chi connectivity index (χ1n) is 8.66. The van der Waals surface area contributed by atoms with E-state index in [4.69, 9.17) is 10.5 Å². The lowest BCUT2D eigenvalue weighted by atomic mass is 10.0. The first-order chi connectivity index (χ1) is 12.6. The summed E-state index contributed by atoms with van der Waals surface area (Å²) >= 11 is 0. The zero-order valence-electron chi connectivity index (χ0n) is 14.4. The van der Waals surface area contributed by atoms with Crippen molar-refractivity contribution in [3.05, 3.63) is 64.7 Å². The van der Waals surface area contributed by atoms with Crippen molar-refractivity contribution in [2.75, 3.05) is 12.3 Å². The van der Waals surface area contributed by atoms with Gasteiger partial charge in [-0.1, -0.05) is 36.9 Å². The normalized spacial score (nSPS) is 20.1. The van der Waals surface area contributed by atoms with Crippen molar-refractivity contribution in [1.29, 1.82) is 0 Å². The van der Waals surface area contributed by atoms with Crippen molar-refractivity contribution in [2.45, 2.75) is 25.5 Å². The molecule has 0 radical (unpaired) electrons. The molecule has 2 heterocycles. The molecule has 7 heteroatoms. The summed E-state index contributed by atoms with van der Waals surface area (Å²) in [4.78, 5) is 22.9. The number of nitrogen functional groups attached to an aromatic ring is 1. The van der Waals surface area contributed by atoms with Crippen LogP contribution >= 0.6 is 0 Å². The van der Waals surface area contributed by atoms with Crippen LogP contribution in [0.4, 0.5) is 5.95 Å². The third-order valence-corrected chi connectivity index (χ3v) is 4.96. The number of benzene rings is 1. The topological polar surface area (TPSA) is 98.8 Å². The van der Waals surface area contributed by atoms with Crippen LogP contribution in [0.5, 0.6) is 0 Å². The first kappa shape index (κ1) is 16.5. The largest absolute Gasteiger partial charge is 0.376 e. The number of H-pyrrole nitrogens is 1. The number of imidazole rings is 1. The summed E-state index contributed by atoms with van der Waals surface area (Å²) in [5.74, 6) is 0.371. The summed E-state index contributed by atoms with van der Waals surface area (Å²) < 4.78 is 7.79. The van der Waals surface area contributed by atoms with Crippen LogP contribution in [-0.4, -0.2) is 26.1 Å². The number of nitrogens with zero attached hydrogens (tertiary/aromatic N) is 3. The van der Waals surface area contributed by atoms with Crippen molar-refractivity contribution in [3.63, 3.8) is 0 Å². The molecule has 0 amide bonds. The van der Waals surface area contributed by atoms with Gasteiger partial charge in [-0.2, -0.15) is 4.98 Å². The smallest absolute Gasteiger partial charge is 0.280 e. The first-order valence-corrected chi connectivity index (χ1v) is 8.66. The van der Waals surface area contributed by atoms with E-state index >= 15 is 0 Å². The fourth-order valence-electron chi connectivity index (χ4n) is 3.57. The maximum absolute atomic E-state index is 12.0. The fourth-order valence-corrected chi connectivity index (χ4v) is 3.57. The van der Waals surface area contributed by atoms with E-state index < -0.39 is 0 Å². The minimum absolute atomic E-state index is 0.0547. The molecular weight excluding hydrogens is 330 g/mol. The van der Waals surface area contributed by atoms with Crippen molar-refractivity contribution in [3.8, 4) is 0 Å². The fraction of sp³-hybridized carbons (Fsp3) is 0.316. The summed E-state index contributed by atoms with van der Waals surface area (Å²) in [6.45, 7) is 5.50. The van der Waals surface area contributed by atoms with Gasteiger partial charge in [0.05, 0.1) is 25.6 Å². The van der Waals surface area contributed by atoms with E-state index in [0.29, 0.717) is 24.4 Å². The molecule has 1 aliphatic rings. The average molecular weight is 351 g/mol. The van der Waals surface area contributed by atoms with Crippen molar-refractivity contribution < 1.29 is 4.74 Å². The predicted molar refractivity (Wildman–Crippen MR) is 99.6 cm³/mol. The molecule has 1 aromatic carbocycles. The van der Waals surface area contributed by atoms with Gasteiger partial charge in [0, 0.05) is 5.92 Å². The van der Waals surface area contributed by atoms with Gasteiger partial charge in [0.2, 0.25) is 5.95 Å². The summed E-state index contributed by atoms with van der Waals surface area (Å²) in [7, 11) is 0. The molecule has 2 aromatic heterocycles. The van der Waals surface area contributed by atoms with Crippen molar-refractivity contribution in [1.82, 2.24) is 19.5 Å². The molecule has 0 unspecified atom stereocenters. The molecule has 3 N–H and O–H groups in total. The number of rotatable bonds is 5. The lowest BCUT2D eigenvalue weighted by Gasteiger charge is -2.17. The minimum Gasteiger partial charge on any atom is -0.376 e. The van der Waals surface area contributed by atoms with Crippen molar-refractivity contribution >= 4 is 17.1 Å². The van der Waals surface area contributed by atoms with Crippen LogP contribution in [0.2, 0.25) is 0 Å². The zero-order valence-corrected chi connectivity index (χ0v) is 14.4. The molecule has 134 valence electrons. The van der Waals surface area contributed by atoms with Crippen molar-refractivity contribution in [2.24, 2.45) is 5.92 Å². The molecule has 1 saturated carbocycles. The van der Waals surface area contributed by atoms with Crippen LogP contribution < -0.4 is 11.3 Å². The number of fused-ring (bicyclic) bond motifs is 1. The van der Waals surface area contributed by atoms with Crippen LogP contribution in [0.15, 0.2) is 53.6 Å². The second-order valence-corrected chi connectivity index (χ2v) is 6.64. The maximum Gasteiger partial charge on any atom is 0.280 e. The lowest BCUT2D eigenvalue weighted by Crippen LogP contribution is -2.15. The lowest BCUT2D eigenvalue weighted by molar-refractivity contribution is 0.0980. The average Bonchev–Trinajstić information content (AvgIpc) is 3.20. The van der Waals surface area contributed by atoms with Gasteiger partial charge < -0.3 is 15.0 Å². The van der Waals surface area contributed by atoms with E-state index in [0.717, 1.165) is 24.0 Å². The zero-order chi connectivity index (χ0) is 18.1. The van der Waals surface area contributed by atoms with Gasteiger partial charge in [-0.15, -0.1) is 0 Å². The van der Waals surface area contributed by atoms with Gasteiger partial charge in [-0.05, 0) is 24.0 Å². The van der Waals surface area contributed by atoms with Crippen LogP contribution in [0.25, 0.3) is 11.2 Å². The van der Waals surface area contributed by atoms with Gasteiger partial charge in [0.1, 0.15) is 0 Å². The highest BCUT2D eigenvalue weighted by Gasteiger charge is 2.31. The van der Waals surface area contributed by atoms with Gasteiger partial charge in [-0.25, -0.2) is 4.98 Å². The third kappa shape index (κ3) is 3.01. The number of nitrogens with two attached hydrogens (primary N) is 1. The highest BCUT2D eigenvalue weighted by atomic mass is 16.5. The molecular formula is C19H21N5O2. The Hall–Kier alpha value is -2.93. The summed E-state index contributed by atoms with van der Waals surface area (Å²) in [6.07, 6.45) is 3.55. The van der Waals surface area contributed by atoms with Crippen LogP contribution in [0, 0.1) is 5.92 Å². The molecule has 0 saturated heterocycles. The summed E-state index contributed by atoms with van der Waals surface area (Å²) in [5.41, 5.74) is 8.41. The number of anilines is 1. The highest BCUT2D eigenvalue weighted by molar-refractivity contribution is 5.70. The molecule has 26 heavy (non-hydrogen) atoms. The number of aromatic nitrogens is 4. The Bertz CT molecular complexity index is 992. The van der Waals surface area contributed by atoms with Gasteiger partial charge in [-0.3, -0.25) is 9.78 Å². The predicted octanol–water partition coefficient (Wildman–Crippen LogP) is 2.43. The van der Waals surface area contributed by atoms with Gasteiger partial charge >= 0.3 is 0 Å². The number of hydrogen-bond acceptors (Lipinski definition) is 5. The van der Waals surface area contributed by atoms with E-state index in [-0.39, 0.29) is 23.5 Å². The Kier molecular flexibility index (Phi) is 4.30. The number of nitrogens with one attached hydrogen (secondary N) is 1. The number of hydrogen-bond donors (Lipinski definition) is 2. The van der Waals surface area contributed by atoms with E-state index in [1.165, 1.54) is 0 Å². The van der Waals surface area contributed by atoms with E-state index in [9.17, 15) is 4.79 Å². The molecule has 3 aromatic rings. The van der Waals surface area contributed by atoms with Gasteiger partial charge in [0.25, 0.3) is 5.56 Å². The van der Waals surface area contributed by atoms with Gasteiger partial charge in [0.15, 0.2) is 11.2 Å². The second kappa shape index (κ2) is 6.76. The van der Waals surface area contributed by atoms with Crippen LogP contribution in [0.1, 0.15) is 24.4 Å². The SMILES string of the molecule is C=C1[C@H](COCc2ccccc2)CC[C@@H]1n1cnc2c(=O)[nH]c(N)nc21. The maximum atomic E-state index is 12.0. The highest BCUT2D eigenvalue weighted by Crippen LogP contribution is 2.40. The molecule has 1 fully saturated rings. The Labute approximate surface area is 150 Å². The third-order valence-electron chi connectivity index (χ3n) is 4.96. The quantitative estimate of drug-likeness (QED) is 0.688. The summed E-state index contributed by atoms with van der Waals surface area (Å²) in [5, 5.41) is 0.